The Morgan fingerprint density at radius 3 is 2.68 bits per heavy atom. The summed E-state index contributed by atoms with van der Waals surface area (Å²) in [4.78, 5) is 53.0. The fraction of sp³-hybridized carbons (Fsp3) is 0.407. The van der Waals surface area contributed by atoms with Crippen LogP contribution < -0.4 is 20.7 Å². The van der Waals surface area contributed by atoms with Gasteiger partial charge < -0.3 is 25.2 Å². The minimum Gasteiger partial charge on any atom is -0.490 e. The number of nitrogens with zero attached hydrogens (tertiary/aromatic N) is 2. The Bertz CT molecular complexity index is 1220. The summed E-state index contributed by atoms with van der Waals surface area (Å²) < 4.78 is 6.10. The second-order valence-corrected chi connectivity index (χ2v) is 9.85. The molecular weight excluding hydrogens is 474 g/mol. The van der Waals surface area contributed by atoms with Crippen molar-refractivity contribution < 1.29 is 23.9 Å². The van der Waals surface area contributed by atoms with E-state index in [4.69, 9.17) is 4.74 Å². The molecule has 3 aliphatic rings. The van der Waals surface area contributed by atoms with E-state index < -0.39 is 11.9 Å². The van der Waals surface area contributed by atoms with Gasteiger partial charge in [0.15, 0.2) is 0 Å². The number of rotatable bonds is 6. The van der Waals surface area contributed by atoms with Crippen molar-refractivity contribution in [2.45, 2.75) is 50.9 Å². The number of piperidine rings is 2. The Morgan fingerprint density at radius 2 is 1.89 bits per heavy atom. The van der Waals surface area contributed by atoms with Crippen LogP contribution in [0.4, 0.5) is 10.5 Å². The molecule has 0 aromatic heterocycles. The van der Waals surface area contributed by atoms with Crippen LogP contribution in [0.25, 0.3) is 0 Å². The molecule has 10 heteroatoms. The molecule has 3 heterocycles. The number of anilines is 1. The maximum atomic E-state index is 13.0. The number of nitrogens with one attached hydrogen (secondary N) is 3. The summed E-state index contributed by atoms with van der Waals surface area (Å²) in [6.45, 7) is 2.57. The molecule has 2 aromatic carbocycles. The average molecular weight is 506 g/mol. The van der Waals surface area contributed by atoms with Gasteiger partial charge in [0.05, 0.1) is 0 Å². The summed E-state index contributed by atoms with van der Waals surface area (Å²) in [7, 11) is 2.11. The van der Waals surface area contributed by atoms with E-state index in [9.17, 15) is 19.2 Å². The van der Waals surface area contributed by atoms with E-state index in [0.717, 1.165) is 42.8 Å². The van der Waals surface area contributed by atoms with E-state index in [1.165, 1.54) is 4.90 Å². The van der Waals surface area contributed by atoms with Gasteiger partial charge in [-0.15, -0.1) is 0 Å². The maximum Gasteiger partial charge on any atom is 0.319 e. The molecule has 2 aromatic rings. The standard InChI is InChI=1S/C27H31N5O5/c1-31-11-9-20(10-12-31)37-21-4-2-3-19(14-21)29-27(36)28-15-17-5-6-18-16-32(26(35)22(18)13-17)23-7-8-24(33)30-25(23)34/h2-6,13-14,20,23H,7-12,15-16H2,1H3,(H2,28,29,36)(H,30,33,34). The van der Waals surface area contributed by atoms with Gasteiger partial charge in [0.1, 0.15) is 17.9 Å². The van der Waals surface area contributed by atoms with Crippen molar-refractivity contribution in [2.24, 2.45) is 0 Å². The van der Waals surface area contributed by atoms with Crippen LogP contribution in [0.2, 0.25) is 0 Å². The van der Waals surface area contributed by atoms with Gasteiger partial charge in [0.25, 0.3) is 5.91 Å². The van der Waals surface area contributed by atoms with Crippen molar-refractivity contribution in [3.05, 3.63) is 59.2 Å². The van der Waals surface area contributed by atoms with Crippen molar-refractivity contribution in [2.75, 3.05) is 25.5 Å². The number of amides is 5. The minimum atomic E-state index is -0.649. The monoisotopic (exact) mass is 505 g/mol. The number of carbonyl (C=O) groups is 4. The van der Waals surface area contributed by atoms with Crippen molar-refractivity contribution in [3.8, 4) is 5.75 Å². The third-order valence-corrected chi connectivity index (χ3v) is 7.11. The van der Waals surface area contributed by atoms with Crippen LogP contribution in [0, 0.1) is 0 Å². The van der Waals surface area contributed by atoms with Crippen molar-refractivity contribution in [1.29, 1.82) is 0 Å². The van der Waals surface area contributed by atoms with Gasteiger partial charge in [-0.3, -0.25) is 19.7 Å². The molecule has 1 atom stereocenters. The van der Waals surface area contributed by atoms with Crippen molar-refractivity contribution in [1.82, 2.24) is 20.4 Å². The number of ether oxygens (including phenoxy) is 1. The first-order valence-electron chi connectivity index (χ1n) is 12.6. The minimum absolute atomic E-state index is 0.175. The smallest absolute Gasteiger partial charge is 0.319 e. The molecule has 10 nitrogen and oxygen atoms in total. The molecule has 0 aliphatic carbocycles. The second kappa shape index (κ2) is 10.6. The number of benzene rings is 2. The van der Waals surface area contributed by atoms with Crippen LogP contribution in [-0.2, 0) is 22.7 Å². The zero-order valence-corrected chi connectivity index (χ0v) is 20.8. The molecule has 2 saturated heterocycles. The predicted octanol–water partition coefficient (Wildman–Crippen LogP) is 2.24. The van der Waals surface area contributed by atoms with Gasteiger partial charge in [-0.25, -0.2) is 4.79 Å². The normalized spacial score (nSPS) is 20.4. The van der Waals surface area contributed by atoms with Gasteiger partial charge >= 0.3 is 6.03 Å². The van der Waals surface area contributed by atoms with E-state index in [1.807, 2.05) is 30.3 Å². The summed E-state index contributed by atoms with van der Waals surface area (Å²) in [5.41, 5.74) is 2.74. The van der Waals surface area contributed by atoms with Gasteiger partial charge in [0.2, 0.25) is 11.8 Å². The lowest BCUT2D eigenvalue weighted by atomic mass is 10.0. The molecule has 194 valence electrons. The summed E-state index contributed by atoms with van der Waals surface area (Å²) in [6, 6.07) is 11.8. The number of urea groups is 1. The van der Waals surface area contributed by atoms with Crippen LogP contribution >= 0.6 is 0 Å². The molecule has 0 spiro atoms. The Hall–Kier alpha value is -3.92. The maximum absolute atomic E-state index is 13.0. The van der Waals surface area contributed by atoms with E-state index >= 15 is 0 Å². The first kappa shape index (κ1) is 24.8. The first-order valence-corrected chi connectivity index (χ1v) is 12.6. The Balaban J connectivity index is 1.14. The zero-order valence-electron chi connectivity index (χ0n) is 20.8. The highest BCUT2D eigenvalue weighted by atomic mass is 16.5. The number of fused-ring (bicyclic) bond motifs is 1. The number of hydrogen-bond donors (Lipinski definition) is 3. The lowest BCUT2D eigenvalue weighted by Crippen LogP contribution is -2.52. The SMILES string of the molecule is CN1CCC(Oc2cccc(NC(=O)NCc3ccc4c(c3)C(=O)N(C3CCC(=O)NC3=O)C4)c2)CC1. The molecule has 37 heavy (non-hydrogen) atoms. The van der Waals surface area contributed by atoms with Gasteiger partial charge in [0, 0.05) is 49.9 Å². The fourth-order valence-electron chi connectivity index (χ4n) is 5.01. The Labute approximate surface area is 215 Å². The summed E-state index contributed by atoms with van der Waals surface area (Å²) in [5.74, 6) is -0.257. The van der Waals surface area contributed by atoms with E-state index in [-0.39, 0.29) is 36.9 Å². The molecule has 1 unspecified atom stereocenters. The third kappa shape index (κ3) is 5.75. The van der Waals surface area contributed by atoms with E-state index in [0.29, 0.717) is 24.2 Å². The van der Waals surface area contributed by atoms with Crippen LogP contribution in [-0.4, -0.2) is 65.8 Å². The van der Waals surface area contributed by atoms with Gasteiger partial charge in [-0.05, 0) is 55.6 Å². The highest BCUT2D eigenvalue weighted by Gasteiger charge is 2.39. The number of imide groups is 1. The molecule has 5 rings (SSSR count). The summed E-state index contributed by atoms with van der Waals surface area (Å²) in [5, 5.41) is 7.96. The molecule has 2 fully saturated rings. The molecule has 0 bridgehead atoms. The van der Waals surface area contributed by atoms with Crippen molar-refractivity contribution >= 4 is 29.4 Å². The fourth-order valence-corrected chi connectivity index (χ4v) is 5.01. The molecule has 0 saturated carbocycles. The summed E-state index contributed by atoms with van der Waals surface area (Å²) >= 11 is 0. The van der Waals surface area contributed by atoms with E-state index in [2.05, 4.69) is 27.9 Å². The molecule has 3 N–H and O–H groups in total. The van der Waals surface area contributed by atoms with Crippen molar-refractivity contribution in [3.63, 3.8) is 0 Å². The predicted molar refractivity (Wildman–Crippen MR) is 136 cm³/mol. The molecule has 5 amide bonds. The average Bonchev–Trinajstić information content (AvgIpc) is 3.20. The quantitative estimate of drug-likeness (QED) is 0.518. The highest BCUT2D eigenvalue weighted by Crippen LogP contribution is 2.28. The summed E-state index contributed by atoms with van der Waals surface area (Å²) in [6.07, 6.45) is 2.66. The van der Waals surface area contributed by atoms with E-state index in [1.54, 1.807) is 12.1 Å². The third-order valence-electron chi connectivity index (χ3n) is 7.11. The largest absolute Gasteiger partial charge is 0.490 e. The highest BCUT2D eigenvalue weighted by molar-refractivity contribution is 6.05. The van der Waals surface area contributed by atoms with Gasteiger partial charge in [-0.2, -0.15) is 0 Å². The Kier molecular flexibility index (Phi) is 7.09. The number of hydrogen-bond acceptors (Lipinski definition) is 6. The lowest BCUT2D eigenvalue weighted by molar-refractivity contribution is -0.136. The number of likely N-dealkylation sites (tertiary alicyclic amines) is 1. The van der Waals surface area contributed by atoms with Crippen LogP contribution in [0.5, 0.6) is 5.75 Å². The van der Waals surface area contributed by atoms with Crippen LogP contribution in [0.15, 0.2) is 42.5 Å². The lowest BCUT2D eigenvalue weighted by Gasteiger charge is -2.29. The van der Waals surface area contributed by atoms with Crippen LogP contribution in [0.3, 0.4) is 0 Å². The Morgan fingerprint density at radius 1 is 1.08 bits per heavy atom. The second-order valence-electron chi connectivity index (χ2n) is 9.85. The molecule has 3 aliphatic heterocycles. The molecule has 0 radical (unpaired) electrons. The van der Waals surface area contributed by atoms with Gasteiger partial charge in [-0.1, -0.05) is 18.2 Å². The number of carbonyl (C=O) groups excluding carboxylic acids is 4. The molecular formula is C27H31N5O5. The zero-order chi connectivity index (χ0) is 25.9. The topological polar surface area (TPSA) is 120 Å². The van der Waals surface area contributed by atoms with Crippen LogP contribution in [0.1, 0.15) is 47.2 Å². The first-order chi connectivity index (χ1) is 17.9.